The summed E-state index contributed by atoms with van der Waals surface area (Å²) in [5.74, 6) is 1.53. The Labute approximate surface area is 123 Å². The van der Waals surface area contributed by atoms with Crippen molar-refractivity contribution in [1.82, 2.24) is 15.3 Å². The molecule has 1 aromatic heterocycles. The number of nitrogens with zero attached hydrogens (tertiary/aromatic N) is 3. The molecule has 0 aromatic carbocycles. The molecular formula is C16H28N4. The van der Waals surface area contributed by atoms with E-state index in [9.17, 15) is 0 Å². The topological polar surface area (TPSA) is 41.0 Å². The van der Waals surface area contributed by atoms with E-state index >= 15 is 0 Å². The van der Waals surface area contributed by atoms with Crippen LogP contribution >= 0.6 is 0 Å². The second-order valence-electron chi connectivity index (χ2n) is 6.05. The van der Waals surface area contributed by atoms with Crippen molar-refractivity contribution in [2.75, 3.05) is 24.5 Å². The maximum atomic E-state index is 4.49. The molecule has 0 spiro atoms. The molecule has 1 aromatic rings. The number of anilines is 1. The molecule has 0 aliphatic carbocycles. The quantitative estimate of drug-likeness (QED) is 0.867. The van der Waals surface area contributed by atoms with Gasteiger partial charge in [0.2, 0.25) is 0 Å². The first-order valence-electron chi connectivity index (χ1n) is 8.01. The van der Waals surface area contributed by atoms with Crippen molar-refractivity contribution < 1.29 is 0 Å². The second kappa shape index (κ2) is 7.58. The third-order valence-electron chi connectivity index (χ3n) is 3.94. The van der Waals surface area contributed by atoms with Crippen LogP contribution in [0.2, 0.25) is 0 Å². The molecule has 2 heterocycles. The lowest BCUT2D eigenvalue weighted by Gasteiger charge is -2.31. The first-order chi connectivity index (χ1) is 9.70. The van der Waals surface area contributed by atoms with Crippen LogP contribution in [0.15, 0.2) is 12.4 Å². The van der Waals surface area contributed by atoms with Gasteiger partial charge in [-0.15, -0.1) is 0 Å². The van der Waals surface area contributed by atoms with Crippen LogP contribution in [0.25, 0.3) is 0 Å². The van der Waals surface area contributed by atoms with E-state index in [1.807, 2.05) is 0 Å². The Bertz CT molecular complexity index is 399. The second-order valence-corrected chi connectivity index (χ2v) is 6.05. The van der Waals surface area contributed by atoms with Gasteiger partial charge in [-0.25, -0.2) is 9.97 Å². The highest BCUT2D eigenvalue weighted by Gasteiger charge is 2.18. The third-order valence-corrected chi connectivity index (χ3v) is 3.94. The van der Waals surface area contributed by atoms with E-state index < -0.39 is 0 Å². The van der Waals surface area contributed by atoms with Crippen molar-refractivity contribution in [3.05, 3.63) is 18.1 Å². The van der Waals surface area contributed by atoms with E-state index in [0.29, 0.717) is 12.0 Å². The summed E-state index contributed by atoms with van der Waals surface area (Å²) >= 11 is 0. The van der Waals surface area contributed by atoms with Crippen LogP contribution in [-0.4, -0.2) is 35.6 Å². The Hall–Kier alpha value is -1.16. The van der Waals surface area contributed by atoms with Gasteiger partial charge in [-0.2, -0.15) is 0 Å². The van der Waals surface area contributed by atoms with Crippen LogP contribution in [0.5, 0.6) is 0 Å². The number of nitrogens with one attached hydrogen (secondary N) is 1. The molecule has 4 nitrogen and oxygen atoms in total. The molecule has 0 amide bonds. The summed E-state index contributed by atoms with van der Waals surface area (Å²) in [6, 6.07) is 2.76. The fraction of sp³-hybridized carbons (Fsp3) is 0.750. The van der Waals surface area contributed by atoms with Gasteiger partial charge in [-0.1, -0.05) is 27.2 Å². The normalized spacial score (nSPS) is 19.3. The summed E-state index contributed by atoms with van der Waals surface area (Å²) in [7, 11) is 0. The zero-order valence-electron chi connectivity index (χ0n) is 13.1. The highest BCUT2D eigenvalue weighted by Crippen LogP contribution is 2.19. The van der Waals surface area contributed by atoms with E-state index in [-0.39, 0.29) is 0 Å². The van der Waals surface area contributed by atoms with Crippen molar-refractivity contribution in [3.8, 4) is 0 Å². The monoisotopic (exact) mass is 276 g/mol. The van der Waals surface area contributed by atoms with E-state index in [1.54, 1.807) is 6.33 Å². The summed E-state index contributed by atoms with van der Waals surface area (Å²) in [4.78, 5) is 11.3. The third kappa shape index (κ3) is 4.17. The summed E-state index contributed by atoms with van der Waals surface area (Å²) in [5.41, 5.74) is 1.13. The van der Waals surface area contributed by atoms with Crippen molar-refractivity contribution in [2.24, 2.45) is 0 Å². The molecule has 112 valence electrons. The molecule has 1 aliphatic heterocycles. The summed E-state index contributed by atoms with van der Waals surface area (Å²) in [5, 5.41) is 3.63. The molecule has 20 heavy (non-hydrogen) atoms. The Morgan fingerprint density at radius 3 is 2.85 bits per heavy atom. The maximum Gasteiger partial charge on any atom is 0.132 e. The predicted octanol–water partition coefficient (Wildman–Crippen LogP) is 2.96. The van der Waals surface area contributed by atoms with Crippen LogP contribution in [0.4, 0.5) is 5.82 Å². The first-order valence-corrected chi connectivity index (χ1v) is 8.01. The Morgan fingerprint density at radius 2 is 2.20 bits per heavy atom. The highest BCUT2D eigenvalue weighted by atomic mass is 15.2. The van der Waals surface area contributed by atoms with Gasteiger partial charge in [0.15, 0.2) is 0 Å². The Kier molecular flexibility index (Phi) is 5.77. The molecule has 0 bridgehead atoms. The minimum absolute atomic E-state index is 0.452. The van der Waals surface area contributed by atoms with Gasteiger partial charge in [0, 0.05) is 30.9 Å². The fourth-order valence-corrected chi connectivity index (χ4v) is 2.77. The average molecular weight is 276 g/mol. The SMILES string of the molecule is CCCN(CC1CCCCN1)c1cc(C(C)C)ncn1. The summed E-state index contributed by atoms with van der Waals surface area (Å²) in [6.07, 6.45) is 6.80. The number of piperidine rings is 1. The van der Waals surface area contributed by atoms with Crippen molar-refractivity contribution in [3.63, 3.8) is 0 Å². The van der Waals surface area contributed by atoms with Gasteiger partial charge in [-0.05, 0) is 31.7 Å². The van der Waals surface area contributed by atoms with Crippen molar-refractivity contribution in [1.29, 1.82) is 0 Å². The lowest BCUT2D eigenvalue weighted by Crippen LogP contribution is -2.44. The van der Waals surface area contributed by atoms with Gasteiger partial charge < -0.3 is 10.2 Å². The molecule has 1 aliphatic rings. The smallest absolute Gasteiger partial charge is 0.132 e. The van der Waals surface area contributed by atoms with E-state index in [4.69, 9.17) is 0 Å². The van der Waals surface area contributed by atoms with Crippen LogP contribution in [0.1, 0.15) is 58.1 Å². The average Bonchev–Trinajstić information content (AvgIpc) is 2.48. The summed E-state index contributed by atoms with van der Waals surface area (Å²) < 4.78 is 0. The zero-order chi connectivity index (χ0) is 14.4. The summed E-state index contributed by atoms with van der Waals surface area (Å²) in [6.45, 7) is 9.87. The van der Waals surface area contributed by atoms with E-state index in [1.165, 1.54) is 19.3 Å². The van der Waals surface area contributed by atoms with Crippen molar-refractivity contribution in [2.45, 2.75) is 58.4 Å². The van der Waals surface area contributed by atoms with Gasteiger partial charge in [0.05, 0.1) is 0 Å². The molecule has 1 unspecified atom stereocenters. The highest BCUT2D eigenvalue weighted by molar-refractivity contribution is 5.39. The largest absolute Gasteiger partial charge is 0.355 e. The standard InChI is InChI=1S/C16H28N4/c1-4-9-20(11-14-7-5-6-8-17-14)16-10-15(13(2)3)18-12-19-16/h10,12-14,17H,4-9,11H2,1-3H3. The molecule has 1 fully saturated rings. The number of hydrogen-bond donors (Lipinski definition) is 1. The van der Waals surface area contributed by atoms with Gasteiger partial charge >= 0.3 is 0 Å². The van der Waals surface area contributed by atoms with Crippen molar-refractivity contribution >= 4 is 5.82 Å². The van der Waals surface area contributed by atoms with Crippen LogP contribution in [0.3, 0.4) is 0 Å². The molecule has 4 heteroatoms. The molecule has 0 saturated carbocycles. The van der Waals surface area contributed by atoms with E-state index in [2.05, 4.69) is 47.0 Å². The molecular weight excluding hydrogens is 248 g/mol. The molecule has 0 radical (unpaired) electrons. The Balaban J connectivity index is 2.08. The zero-order valence-corrected chi connectivity index (χ0v) is 13.1. The lowest BCUT2D eigenvalue weighted by atomic mass is 10.0. The molecule has 2 rings (SSSR count). The molecule has 1 N–H and O–H groups in total. The minimum atomic E-state index is 0.452. The fourth-order valence-electron chi connectivity index (χ4n) is 2.77. The van der Waals surface area contributed by atoms with Crippen LogP contribution in [0, 0.1) is 0 Å². The molecule has 1 saturated heterocycles. The number of rotatable bonds is 6. The maximum absolute atomic E-state index is 4.49. The minimum Gasteiger partial charge on any atom is -0.355 e. The first kappa shape index (κ1) is 15.2. The Morgan fingerprint density at radius 1 is 1.35 bits per heavy atom. The number of hydrogen-bond acceptors (Lipinski definition) is 4. The van der Waals surface area contributed by atoms with Crippen LogP contribution in [-0.2, 0) is 0 Å². The van der Waals surface area contributed by atoms with Gasteiger partial charge in [0.1, 0.15) is 12.1 Å². The van der Waals surface area contributed by atoms with E-state index in [0.717, 1.165) is 37.6 Å². The lowest BCUT2D eigenvalue weighted by molar-refractivity contribution is 0.398. The molecule has 1 atom stereocenters. The van der Waals surface area contributed by atoms with Gasteiger partial charge in [0.25, 0.3) is 0 Å². The van der Waals surface area contributed by atoms with Crippen LogP contribution < -0.4 is 10.2 Å². The van der Waals surface area contributed by atoms with Gasteiger partial charge in [-0.3, -0.25) is 0 Å². The predicted molar refractivity (Wildman–Crippen MR) is 84.3 cm³/mol. The number of aromatic nitrogens is 2.